The topological polar surface area (TPSA) is 61.6 Å². The zero-order valence-corrected chi connectivity index (χ0v) is 10.1. The van der Waals surface area contributed by atoms with Crippen LogP contribution in [0.5, 0.6) is 11.5 Å². The van der Waals surface area contributed by atoms with Gasteiger partial charge in [-0.1, -0.05) is 5.16 Å². The molecule has 0 amide bonds. The molecule has 0 N–H and O–H groups in total. The third-order valence-corrected chi connectivity index (χ3v) is 3.43. The summed E-state index contributed by atoms with van der Waals surface area (Å²) in [6.45, 7) is 0.202. The average molecular weight is 257 g/mol. The number of fused-ring (bicyclic) bond motifs is 1. The van der Waals surface area contributed by atoms with E-state index in [1.165, 1.54) is 6.20 Å². The number of carbonyl (C=O) groups excluding carboxylic acids is 1. The fourth-order valence-electron chi connectivity index (χ4n) is 2.25. The summed E-state index contributed by atoms with van der Waals surface area (Å²) in [5, 5.41) is 3.75. The minimum atomic E-state index is -0.0820. The summed E-state index contributed by atoms with van der Waals surface area (Å²) in [6.07, 6.45) is 3.63. The van der Waals surface area contributed by atoms with Crippen LogP contribution in [0, 0.1) is 0 Å². The number of ketones is 1. The monoisotopic (exact) mass is 257 g/mol. The standard InChI is InChI=1S/C14H11NO4/c16-13(10-6-15-19-14(10)8-1-2-8)9-3-4-11-12(5-9)18-7-17-11/h3-6,8H,1-2,7H2. The lowest BCUT2D eigenvalue weighted by Crippen LogP contribution is -2.02. The SMILES string of the molecule is O=C(c1ccc2c(c1)OCO2)c1cnoc1C1CC1. The predicted octanol–water partition coefficient (Wildman–Crippen LogP) is 2.51. The quantitative estimate of drug-likeness (QED) is 0.790. The van der Waals surface area contributed by atoms with E-state index in [0.717, 1.165) is 12.8 Å². The smallest absolute Gasteiger partial charge is 0.231 e. The highest BCUT2D eigenvalue weighted by atomic mass is 16.7. The first-order chi connectivity index (χ1) is 9.33. The number of nitrogens with zero attached hydrogens (tertiary/aromatic N) is 1. The first-order valence-electron chi connectivity index (χ1n) is 6.22. The van der Waals surface area contributed by atoms with Gasteiger partial charge in [-0.05, 0) is 31.0 Å². The molecule has 1 aromatic carbocycles. The van der Waals surface area contributed by atoms with E-state index in [9.17, 15) is 4.79 Å². The summed E-state index contributed by atoms with van der Waals surface area (Å²) >= 11 is 0. The highest BCUT2D eigenvalue weighted by Crippen LogP contribution is 2.42. The molecule has 4 rings (SSSR count). The Balaban J connectivity index is 1.71. The van der Waals surface area contributed by atoms with Crippen LogP contribution in [0.15, 0.2) is 28.9 Å². The Labute approximate surface area is 109 Å². The van der Waals surface area contributed by atoms with Crippen LogP contribution in [0.4, 0.5) is 0 Å². The van der Waals surface area contributed by atoms with Gasteiger partial charge >= 0.3 is 0 Å². The first kappa shape index (κ1) is 10.6. The molecule has 2 aliphatic rings. The summed E-state index contributed by atoms with van der Waals surface area (Å²) in [7, 11) is 0. The van der Waals surface area contributed by atoms with Gasteiger partial charge < -0.3 is 14.0 Å². The summed E-state index contributed by atoms with van der Waals surface area (Å²) in [5.41, 5.74) is 1.12. The molecule has 5 heteroatoms. The first-order valence-corrected chi connectivity index (χ1v) is 6.22. The molecule has 2 heterocycles. The maximum absolute atomic E-state index is 12.5. The minimum absolute atomic E-state index is 0.0820. The zero-order valence-electron chi connectivity index (χ0n) is 10.1. The molecular formula is C14H11NO4. The van der Waals surface area contributed by atoms with Crippen molar-refractivity contribution < 1.29 is 18.8 Å². The van der Waals surface area contributed by atoms with Crippen molar-refractivity contribution in [1.82, 2.24) is 5.16 Å². The number of carbonyl (C=O) groups is 1. The second kappa shape index (κ2) is 3.85. The van der Waals surface area contributed by atoms with Gasteiger partial charge in [0.25, 0.3) is 0 Å². The minimum Gasteiger partial charge on any atom is -0.454 e. The Morgan fingerprint density at radius 1 is 1.21 bits per heavy atom. The Bertz CT molecular complexity index is 657. The Kier molecular flexibility index (Phi) is 2.15. The number of rotatable bonds is 3. The van der Waals surface area contributed by atoms with E-state index in [-0.39, 0.29) is 12.6 Å². The molecule has 1 fully saturated rings. The molecule has 0 spiro atoms. The van der Waals surface area contributed by atoms with Gasteiger partial charge in [-0.15, -0.1) is 0 Å². The van der Waals surface area contributed by atoms with E-state index in [4.69, 9.17) is 14.0 Å². The van der Waals surface area contributed by atoms with Crippen LogP contribution in [0.2, 0.25) is 0 Å². The highest BCUT2D eigenvalue weighted by Gasteiger charge is 2.32. The van der Waals surface area contributed by atoms with Crippen LogP contribution >= 0.6 is 0 Å². The molecule has 0 radical (unpaired) electrons. The molecule has 5 nitrogen and oxygen atoms in total. The van der Waals surface area contributed by atoms with Crippen molar-refractivity contribution in [2.45, 2.75) is 18.8 Å². The number of hydrogen-bond donors (Lipinski definition) is 0. The van der Waals surface area contributed by atoms with E-state index < -0.39 is 0 Å². The largest absolute Gasteiger partial charge is 0.454 e. The maximum Gasteiger partial charge on any atom is 0.231 e. The molecule has 0 bridgehead atoms. The van der Waals surface area contributed by atoms with E-state index in [1.54, 1.807) is 18.2 Å². The molecule has 96 valence electrons. The average Bonchev–Trinajstić information content (AvgIpc) is 3.00. The van der Waals surface area contributed by atoms with Crippen LogP contribution in [-0.4, -0.2) is 17.7 Å². The molecule has 1 aliphatic heterocycles. The van der Waals surface area contributed by atoms with Crippen LogP contribution in [-0.2, 0) is 0 Å². The van der Waals surface area contributed by atoms with Gasteiger partial charge in [0.05, 0.1) is 11.8 Å². The maximum atomic E-state index is 12.5. The molecule has 1 aromatic heterocycles. The zero-order chi connectivity index (χ0) is 12.8. The van der Waals surface area contributed by atoms with Gasteiger partial charge in [0.15, 0.2) is 23.0 Å². The summed E-state index contributed by atoms with van der Waals surface area (Å²) < 4.78 is 15.7. The highest BCUT2D eigenvalue weighted by molar-refractivity contribution is 6.09. The van der Waals surface area contributed by atoms with Crippen LogP contribution in [0.25, 0.3) is 0 Å². The van der Waals surface area contributed by atoms with Crippen LogP contribution in [0.1, 0.15) is 40.4 Å². The van der Waals surface area contributed by atoms with Crippen molar-refractivity contribution in [2.75, 3.05) is 6.79 Å². The van der Waals surface area contributed by atoms with Crippen LogP contribution in [0.3, 0.4) is 0 Å². The third kappa shape index (κ3) is 1.69. The van der Waals surface area contributed by atoms with Gasteiger partial charge in [-0.25, -0.2) is 0 Å². The summed E-state index contributed by atoms with van der Waals surface area (Å²) in [5.74, 6) is 2.26. The molecule has 1 aliphatic carbocycles. The van der Waals surface area contributed by atoms with Crippen molar-refractivity contribution in [1.29, 1.82) is 0 Å². The van der Waals surface area contributed by atoms with Crippen molar-refractivity contribution in [2.24, 2.45) is 0 Å². The molecule has 2 aromatic rings. The Morgan fingerprint density at radius 3 is 2.89 bits per heavy atom. The lowest BCUT2D eigenvalue weighted by molar-refractivity contribution is 0.103. The fraction of sp³-hybridized carbons (Fsp3) is 0.286. The van der Waals surface area contributed by atoms with Gasteiger partial charge in [-0.2, -0.15) is 0 Å². The van der Waals surface area contributed by atoms with Crippen molar-refractivity contribution >= 4 is 5.78 Å². The Morgan fingerprint density at radius 2 is 2.05 bits per heavy atom. The van der Waals surface area contributed by atoms with Gasteiger partial charge in [0.2, 0.25) is 6.79 Å². The fourth-order valence-corrected chi connectivity index (χ4v) is 2.25. The third-order valence-electron chi connectivity index (χ3n) is 3.43. The molecule has 0 unspecified atom stereocenters. The Hall–Kier alpha value is -2.30. The summed E-state index contributed by atoms with van der Waals surface area (Å²) in [6, 6.07) is 5.19. The summed E-state index contributed by atoms with van der Waals surface area (Å²) in [4.78, 5) is 12.5. The van der Waals surface area contributed by atoms with Crippen molar-refractivity contribution in [3.8, 4) is 11.5 Å². The van der Waals surface area contributed by atoms with Gasteiger partial charge in [0, 0.05) is 11.5 Å². The molecular weight excluding hydrogens is 246 g/mol. The normalized spacial score (nSPS) is 16.6. The molecule has 19 heavy (non-hydrogen) atoms. The van der Waals surface area contributed by atoms with E-state index in [0.29, 0.717) is 34.3 Å². The lowest BCUT2D eigenvalue weighted by Gasteiger charge is -2.02. The van der Waals surface area contributed by atoms with E-state index in [1.807, 2.05) is 0 Å². The molecule has 1 saturated carbocycles. The number of benzene rings is 1. The predicted molar refractivity (Wildman–Crippen MR) is 64.5 cm³/mol. The number of hydrogen-bond acceptors (Lipinski definition) is 5. The lowest BCUT2D eigenvalue weighted by atomic mass is 10.0. The number of aromatic nitrogens is 1. The van der Waals surface area contributed by atoms with E-state index >= 15 is 0 Å². The number of ether oxygens (including phenoxy) is 2. The van der Waals surface area contributed by atoms with Crippen molar-refractivity contribution in [3.05, 3.63) is 41.3 Å². The van der Waals surface area contributed by atoms with Crippen LogP contribution < -0.4 is 9.47 Å². The van der Waals surface area contributed by atoms with Gasteiger partial charge in [-0.3, -0.25) is 4.79 Å². The second-order valence-electron chi connectivity index (χ2n) is 4.78. The van der Waals surface area contributed by atoms with Crippen molar-refractivity contribution in [3.63, 3.8) is 0 Å². The van der Waals surface area contributed by atoms with E-state index in [2.05, 4.69) is 5.16 Å². The van der Waals surface area contributed by atoms with Gasteiger partial charge in [0.1, 0.15) is 0 Å². The molecule has 0 atom stereocenters. The molecule has 0 saturated heterocycles. The second-order valence-corrected chi connectivity index (χ2v) is 4.78.